The Kier molecular flexibility index (Phi) is 4.21. The average Bonchev–Trinajstić information content (AvgIpc) is 3.32. The van der Waals surface area contributed by atoms with Crippen molar-refractivity contribution >= 4 is 5.91 Å². The lowest BCUT2D eigenvalue weighted by Gasteiger charge is -2.41. The van der Waals surface area contributed by atoms with Crippen molar-refractivity contribution in [2.75, 3.05) is 19.6 Å². The van der Waals surface area contributed by atoms with Crippen LogP contribution in [0.1, 0.15) is 51.9 Å². The molecule has 3 rings (SSSR count). The zero-order valence-electron chi connectivity index (χ0n) is 13.1. The minimum absolute atomic E-state index is 0.0280. The van der Waals surface area contributed by atoms with Crippen LogP contribution in [0.15, 0.2) is 0 Å². The molecule has 0 bridgehead atoms. The number of hydrogen-bond acceptors (Lipinski definition) is 3. The Labute approximate surface area is 127 Å². The summed E-state index contributed by atoms with van der Waals surface area (Å²) in [6, 6.07) is 2.30. The van der Waals surface area contributed by atoms with Gasteiger partial charge in [-0.2, -0.15) is 5.26 Å². The molecule has 1 amide bonds. The number of piperidine rings is 1. The Bertz CT molecular complexity index is 440. The van der Waals surface area contributed by atoms with Gasteiger partial charge >= 0.3 is 0 Å². The molecule has 3 aliphatic rings. The summed E-state index contributed by atoms with van der Waals surface area (Å²) in [4.78, 5) is 14.6. The molecule has 1 heterocycles. The topological polar surface area (TPSA) is 56.1 Å². The predicted molar refractivity (Wildman–Crippen MR) is 81.4 cm³/mol. The van der Waals surface area contributed by atoms with Crippen LogP contribution >= 0.6 is 0 Å². The average molecular weight is 289 g/mol. The van der Waals surface area contributed by atoms with E-state index in [1.165, 1.54) is 32.1 Å². The standard InChI is InChI=1S/C17H27N3O/c1-17(12-18,15-6-7-15)19-16(21)11-20-9-8-13-4-2-3-5-14(13)10-20/h13-15H,2-11H2,1H3,(H,19,21)/t13-,14+,17+/m0/s1. The van der Waals surface area contributed by atoms with E-state index in [-0.39, 0.29) is 5.91 Å². The third-order valence-corrected chi connectivity index (χ3v) is 5.77. The molecule has 0 spiro atoms. The molecule has 0 aromatic rings. The zero-order valence-corrected chi connectivity index (χ0v) is 13.1. The summed E-state index contributed by atoms with van der Waals surface area (Å²) in [6.45, 7) is 4.45. The molecule has 2 saturated carbocycles. The molecule has 3 fully saturated rings. The van der Waals surface area contributed by atoms with Gasteiger partial charge in [-0.25, -0.2) is 0 Å². The molecule has 1 aliphatic heterocycles. The normalized spacial score (nSPS) is 32.6. The number of likely N-dealkylation sites (tertiary alicyclic amines) is 1. The van der Waals surface area contributed by atoms with Crippen LogP contribution in [0.3, 0.4) is 0 Å². The Morgan fingerprint density at radius 1 is 1.24 bits per heavy atom. The van der Waals surface area contributed by atoms with E-state index in [2.05, 4.69) is 16.3 Å². The minimum atomic E-state index is -0.653. The van der Waals surface area contributed by atoms with Gasteiger partial charge in [-0.3, -0.25) is 9.69 Å². The molecule has 0 aromatic carbocycles. The summed E-state index contributed by atoms with van der Waals surface area (Å²) >= 11 is 0. The highest BCUT2D eigenvalue weighted by molar-refractivity contribution is 5.79. The molecule has 21 heavy (non-hydrogen) atoms. The second-order valence-corrected chi connectivity index (χ2v) is 7.47. The third kappa shape index (κ3) is 3.40. The molecule has 1 N–H and O–H groups in total. The van der Waals surface area contributed by atoms with Gasteiger partial charge in [0.15, 0.2) is 0 Å². The van der Waals surface area contributed by atoms with E-state index in [9.17, 15) is 10.1 Å². The molecule has 1 saturated heterocycles. The van der Waals surface area contributed by atoms with Gasteiger partial charge in [0.1, 0.15) is 5.54 Å². The fraction of sp³-hybridized carbons (Fsp3) is 0.882. The van der Waals surface area contributed by atoms with E-state index in [4.69, 9.17) is 0 Å². The van der Waals surface area contributed by atoms with Crippen LogP contribution in [0.4, 0.5) is 0 Å². The predicted octanol–water partition coefficient (Wildman–Crippen LogP) is 2.31. The van der Waals surface area contributed by atoms with Crippen molar-refractivity contribution in [2.45, 2.75) is 57.4 Å². The molecule has 116 valence electrons. The first kappa shape index (κ1) is 14.8. The highest BCUT2D eigenvalue weighted by atomic mass is 16.2. The van der Waals surface area contributed by atoms with Crippen LogP contribution in [-0.4, -0.2) is 36.0 Å². The van der Waals surface area contributed by atoms with Crippen LogP contribution in [0, 0.1) is 29.1 Å². The van der Waals surface area contributed by atoms with Crippen LogP contribution < -0.4 is 5.32 Å². The highest BCUT2D eigenvalue weighted by Crippen LogP contribution is 2.39. The van der Waals surface area contributed by atoms with E-state index in [0.717, 1.165) is 37.8 Å². The van der Waals surface area contributed by atoms with Crippen LogP contribution in [0.5, 0.6) is 0 Å². The monoisotopic (exact) mass is 289 g/mol. The fourth-order valence-electron chi connectivity index (χ4n) is 4.23. The van der Waals surface area contributed by atoms with Crippen LogP contribution in [-0.2, 0) is 4.79 Å². The molecule has 0 unspecified atom stereocenters. The second-order valence-electron chi connectivity index (χ2n) is 7.47. The zero-order chi connectivity index (χ0) is 14.9. The largest absolute Gasteiger partial charge is 0.337 e. The Balaban J connectivity index is 1.50. The smallest absolute Gasteiger partial charge is 0.235 e. The van der Waals surface area contributed by atoms with Gasteiger partial charge in [0.2, 0.25) is 5.91 Å². The van der Waals surface area contributed by atoms with E-state index >= 15 is 0 Å². The van der Waals surface area contributed by atoms with Gasteiger partial charge in [0, 0.05) is 6.54 Å². The lowest BCUT2D eigenvalue weighted by atomic mass is 9.75. The van der Waals surface area contributed by atoms with Gasteiger partial charge in [-0.15, -0.1) is 0 Å². The number of rotatable bonds is 4. The van der Waals surface area contributed by atoms with Crippen molar-refractivity contribution in [3.8, 4) is 6.07 Å². The number of nitrogens with zero attached hydrogens (tertiary/aromatic N) is 2. The van der Waals surface area contributed by atoms with Gasteiger partial charge in [-0.1, -0.05) is 19.3 Å². The number of fused-ring (bicyclic) bond motifs is 1. The molecule has 2 aliphatic carbocycles. The van der Waals surface area contributed by atoms with E-state index < -0.39 is 5.54 Å². The number of hydrogen-bond donors (Lipinski definition) is 1. The molecular formula is C17H27N3O. The van der Waals surface area contributed by atoms with E-state index in [1.807, 2.05) is 6.92 Å². The molecule has 4 nitrogen and oxygen atoms in total. The van der Waals surface area contributed by atoms with E-state index in [1.54, 1.807) is 0 Å². The molecule has 3 atom stereocenters. The van der Waals surface area contributed by atoms with Crippen LogP contribution in [0.25, 0.3) is 0 Å². The number of carbonyl (C=O) groups excluding carboxylic acids is 1. The van der Waals surface area contributed by atoms with Crippen molar-refractivity contribution in [1.29, 1.82) is 5.26 Å². The summed E-state index contributed by atoms with van der Waals surface area (Å²) < 4.78 is 0. The number of nitrogens with one attached hydrogen (secondary N) is 1. The summed E-state index contributed by atoms with van der Waals surface area (Å²) in [5.74, 6) is 2.08. The maximum atomic E-state index is 12.3. The Morgan fingerprint density at radius 3 is 2.62 bits per heavy atom. The highest BCUT2D eigenvalue weighted by Gasteiger charge is 2.43. The molecule has 0 radical (unpaired) electrons. The molecule has 0 aromatic heterocycles. The van der Waals surface area contributed by atoms with Gasteiger partial charge in [0.05, 0.1) is 12.6 Å². The lowest BCUT2D eigenvalue weighted by Crippen LogP contribution is -2.52. The summed E-state index contributed by atoms with van der Waals surface area (Å²) in [7, 11) is 0. The summed E-state index contributed by atoms with van der Waals surface area (Å²) in [5, 5.41) is 12.3. The number of amides is 1. The Hall–Kier alpha value is -1.08. The van der Waals surface area contributed by atoms with Crippen molar-refractivity contribution in [3.05, 3.63) is 0 Å². The first-order chi connectivity index (χ1) is 10.1. The van der Waals surface area contributed by atoms with Crippen molar-refractivity contribution in [2.24, 2.45) is 17.8 Å². The summed E-state index contributed by atoms with van der Waals surface area (Å²) in [6.07, 6.45) is 8.85. The SMILES string of the molecule is C[C@](C#N)(NC(=O)CN1CC[C@@H]2CCCC[C@@H]2C1)C1CC1. The lowest BCUT2D eigenvalue weighted by molar-refractivity contribution is -0.124. The maximum absolute atomic E-state index is 12.3. The third-order valence-electron chi connectivity index (χ3n) is 5.77. The van der Waals surface area contributed by atoms with Crippen molar-refractivity contribution < 1.29 is 4.79 Å². The Morgan fingerprint density at radius 2 is 1.95 bits per heavy atom. The van der Waals surface area contributed by atoms with Gasteiger partial charge < -0.3 is 5.32 Å². The number of carbonyl (C=O) groups is 1. The second kappa shape index (κ2) is 5.96. The maximum Gasteiger partial charge on any atom is 0.235 e. The minimum Gasteiger partial charge on any atom is -0.337 e. The van der Waals surface area contributed by atoms with Crippen LogP contribution in [0.2, 0.25) is 0 Å². The van der Waals surface area contributed by atoms with Crippen molar-refractivity contribution in [1.82, 2.24) is 10.2 Å². The first-order valence-electron chi connectivity index (χ1n) is 8.55. The van der Waals surface area contributed by atoms with E-state index in [0.29, 0.717) is 12.5 Å². The molecule has 4 heteroatoms. The fourth-order valence-corrected chi connectivity index (χ4v) is 4.23. The number of nitriles is 1. The summed E-state index contributed by atoms with van der Waals surface area (Å²) in [5.41, 5.74) is -0.653. The van der Waals surface area contributed by atoms with Crippen molar-refractivity contribution in [3.63, 3.8) is 0 Å². The molecular weight excluding hydrogens is 262 g/mol. The van der Waals surface area contributed by atoms with Gasteiger partial charge in [0.25, 0.3) is 0 Å². The van der Waals surface area contributed by atoms with Gasteiger partial charge in [-0.05, 0) is 56.9 Å². The quantitative estimate of drug-likeness (QED) is 0.864. The first-order valence-corrected chi connectivity index (χ1v) is 8.55.